The number of phenolic OH excluding ortho intramolecular Hbond substituents is 1. The minimum Gasteiger partial charge on any atom is -0.507 e. The third kappa shape index (κ3) is 3.77. The SMILES string of the molecule is C[C@H]1c2cccc(O)c2C(=O)C2C(=O)[C@]3(O)C(=O)C(C(N)=O)C(=O)C[C@@H]3[C@@H](OC(=O)CCN3CCOC3)[C@@H]21. The van der Waals surface area contributed by atoms with Gasteiger partial charge < -0.3 is 25.4 Å². The van der Waals surface area contributed by atoms with Gasteiger partial charge in [-0.25, -0.2) is 0 Å². The van der Waals surface area contributed by atoms with Gasteiger partial charge in [-0.05, 0) is 17.5 Å². The van der Waals surface area contributed by atoms with Gasteiger partial charge in [-0.3, -0.25) is 33.7 Å². The van der Waals surface area contributed by atoms with Crippen molar-refractivity contribution < 1.29 is 48.5 Å². The van der Waals surface area contributed by atoms with Gasteiger partial charge in [0.05, 0.1) is 31.2 Å². The number of Topliss-reactive ketones (excluding diaryl/α,β-unsaturated/α-hetero) is 4. The molecule has 0 radical (unpaired) electrons. The lowest BCUT2D eigenvalue weighted by Crippen LogP contribution is -2.73. The number of benzene rings is 1. The number of esters is 1. The van der Waals surface area contributed by atoms with Crippen LogP contribution in [0.1, 0.15) is 41.6 Å². The average molecular weight is 529 g/mol. The molecule has 5 rings (SSSR count). The molecule has 3 fully saturated rings. The first-order valence-electron chi connectivity index (χ1n) is 12.5. The summed E-state index contributed by atoms with van der Waals surface area (Å²) in [6, 6.07) is 4.41. The van der Waals surface area contributed by atoms with Gasteiger partial charge in [0.1, 0.15) is 11.9 Å². The Labute approximate surface area is 217 Å². The highest BCUT2D eigenvalue weighted by atomic mass is 16.5. The maximum atomic E-state index is 13.8. The van der Waals surface area contributed by atoms with Gasteiger partial charge in [0.25, 0.3) is 0 Å². The Morgan fingerprint density at radius 3 is 2.61 bits per heavy atom. The Morgan fingerprint density at radius 1 is 1.21 bits per heavy atom. The zero-order valence-corrected chi connectivity index (χ0v) is 20.6. The summed E-state index contributed by atoms with van der Waals surface area (Å²) in [6.45, 7) is 3.49. The summed E-state index contributed by atoms with van der Waals surface area (Å²) in [5.41, 5.74) is 2.58. The van der Waals surface area contributed by atoms with E-state index in [9.17, 15) is 39.0 Å². The number of hydrogen-bond acceptors (Lipinski definition) is 11. The molecule has 2 unspecified atom stereocenters. The van der Waals surface area contributed by atoms with Crippen LogP contribution in [0.15, 0.2) is 18.2 Å². The number of carbonyl (C=O) groups excluding carboxylic acids is 6. The van der Waals surface area contributed by atoms with Gasteiger partial charge in [-0.1, -0.05) is 19.1 Å². The highest BCUT2D eigenvalue weighted by Crippen LogP contribution is 2.54. The second-order valence-electron chi connectivity index (χ2n) is 10.4. The van der Waals surface area contributed by atoms with E-state index in [1.807, 2.05) is 4.90 Å². The van der Waals surface area contributed by atoms with Gasteiger partial charge in [-0.15, -0.1) is 0 Å². The van der Waals surface area contributed by atoms with E-state index < -0.39 is 82.7 Å². The third-order valence-corrected chi connectivity index (χ3v) is 8.42. The van der Waals surface area contributed by atoms with Crippen molar-refractivity contribution in [3.63, 3.8) is 0 Å². The maximum Gasteiger partial charge on any atom is 0.307 e. The number of aromatic hydroxyl groups is 1. The minimum absolute atomic E-state index is 0.0815. The number of fused-ring (bicyclic) bond motifs is 3. The van der Waals surface area contributed by atoms with Gasteiger partial charge in [0.15, 0.2) is 34.7 Å². The van der Waals surface area contributed by atoms with Crippen molar-refractivity contribution in [1.82, 2.24) is 4.90 Å². The predicted molar refractivity (Wildman–Crippen MR) is 125 cm³/mol. The molecule has 202 valence electrons. The van der Waals surface area contributed by atoms with Crippen molar-refractivity contribution >= 4 is 35.0 Å². The number of nitrogens with zero attached hydrogens (tertiary/aromatic N) is 1. The van der Waals surface area contributed by atoms with Crippen LogP contribution < -0.4 is 5.73 Å². The minimum atomic E-state index is -2.96. The van der Waals surface area contributed by atoms with E-state index in [4.69, 9.17) is 15.2 Å². The van der Waals surface area contributed by atoms with Crippen molar-refractivity contribution in [2.45, 2.75) is 37.4 Å². The summed E-state index contributed by atoms with van der Waals surface area (Å²) < 4.78 is 11.1. The van der Waals surface area contributed by atoms with Crippen LogP contribution >= 0.6 is 0 Å². The highest BCUT2D eigenvalue weighted by molar-refractivity contribution is 6.31. The van der Waals surface area contributed by atoms with Gasteiger partial charge in [0.2, 0.25) is 5.91 Å². The molecule has 1 aliphatic heterocycles. The molecule has 0 aromatic heterocycles. The first-order chi connectivity index (χ1) is 18.0. The summed E-state index contributed by atoms with van der Waals surface area (Å²) >= 11 is 0. The van der Waals surface area contributed by atoms with Crippen LogP contribution in [0, 0.1) is 23.7 Å². The summed E-state index contributed by atoms with van der Waals surface area (Å²) in [4.78, 5) is 80.4. The van der Waals surface area contributed by atoms with Crippen LogP contribution in [0.2, 0.25) is 0 Å². The Hall–Kier alpha value is -3.48. The molecule has 1 amide bonds. The summed E-state index contributed by atoms with van der Waals surface area (Å²) in [7, 11) is 0. The van der Waals surface area contributed by atoms with E-state index in [0.29, 0.717) is 32.0 Å². The van der Waals surface area contributed by atoms with Crippen LogP contribution in [-0.2, 0) is 33.4 Å². The van der Waals surface area contributed by atoms with Crippen LogP contribution in [-0.4, -0.2) is 88.3 Å². The van der Waals surface area contributed by atoms with Gasteiger partial charge in [-0.2, -0.15) is 0 Å². The van der Waals surface area contributed by atoms with Crippen molar-refractivity contribution in [2.24, 2.45) is 29.4 Å². The highest BCUT2D eigenvalue weighted by Gasteiger charge is 2.71. The Kier molecular flexibility index (Phi) is 6.44. The number of phenols is 1. The number of ketones is 4. The topological polar surface area (TPSA) is 191 Å². The molecule has 1 aromatic rings. The molecule has 0 bridgehead atoms. The number of carbonyl (C=O) groups is 6. The number of rotatable bonds is 5. The quantitative estimate of drug-likeness (QED) is 0.317. The Morgan fingerprint density at radius 2 is 1.95 bits per heavy atom. The number of nitrogens with two attached hydrogens (primary N) is 1. The molecule has 2 saturated carbocycles. The van der Waals surface area contributed by atoms with Gasteiger partial charge >= 0.3 is 5.97 Å². The molecular weight excluding hydrogens is 500 g/mol. The lowest BCUT2D eigenvalue weighted by molar-refractivity contribution is -0.198. The molecule has 12 heteroatoms. The van der Waals surface area contributed by atoms with E-state index in [0.717, 1.165) is 0 Å². The van der Waals surface area contributed by atoms with Crippen molar-refractivity contribution in [3.8, 4) is 5.75 Å². The van der Waals surface area contributed by atoms with E-state index in [-0.39, 0.29) is 17.7 Å². The largest absolute Gasteiger partial charge is 0.507 e. The zero-order chi connectivity index (χ0) is 27.5. The number of amides is 1. The van der Waals surface area contributed by atoms with Crippen molar-refractivity contribution in [1.29, 1.82) is 0 Å². The van der Waals surface area contributed by atoms with Crippen LogP contribution in [0.3, 0.4) is 0 Å². The average Bonchev–Trinajstić information content (AvgIpc) is 3.38. The van der Waals surface area contributed by atoms with Crippen molar-refractivity contribution in [2.75, 3.05) is 26.4 Å². The molecule has 4 N–H and O–H groups in total. The van der Waals surface area contributed by atoms with Crippen molar-refractivity contribution in [3.05, 3.63) is 29.3 Å². The molecule has 4 aliphatic rings. The summed E-state index contributed by atoms with van der Waals surface area (Å²) in [6.07, 6.45) is -2.10. The lowest BCUT2D eigenvalue weighted by Gasteiger charge is -2.53. The normalized spacial score (nSPS) is 34.9. The molecule has 38 heavy (non-hydrogen) atoms. The van der Waals surface area contributed by atoms with Crippen LogP contribution in [0.4, 0.5) is 0 Å². The summed E-state index contributed by atoms with van der Waals surface area (Å²) in [5.74, 6) is -13.7. The molecule has 0 spiro atoms. The first kappa shape index (κ1) is 26.1. The van der Waals surface area contributed by atoms with E-state index >= 15 is 0 Å². The smallest absolute Gasteiger partial charge is 0.307 e. The molecule has 1 heterocycles. The molecule has 3 aliphatic carbocycles. The lowest BCUT2D eigenvalue weighted by atomic mass is 9.50. The second-order valence-corrected chi connectivity index (χ2v) is 10.4. The van der Waals surface area contributed by atoms with E-state index in [1.54, 1.807) is 13.0 Å². The Balaban J connectivity index is 1.58. The molecule has 7 atom stereocenters. The number of ether oxygens (including phenoxy) is 2. The predicted octanol–water partition coefficient (Wildman–Crippen LogP) is -0.911. The Bertz CT molecular complexity index is 1250. The fraction of sp³-hybridized carbons (Fsp3) is 0.538. The summed E-state index contributed by atoms with van der Waals surface area (Å²) in [5, 5.41) is 22.1. The number of aliphatic hydroxyl groups is 1. The molecule has 12 nitrogen and oxygen atoms in total. The fourth-order valence-electron chi connectivity index (χ4n) is 6.53. The standard InChI is InChI=1S/C26H28N2O10/c1-11-12-3-2-4-14(29)18(12)21(32)20-17(11)22(38-16(31)5-6-28-7-8-37-10-28)13-9-15(30)19(25(27)35)23(33)26(13,36)24(20)34/h2-4,11,13,17,19-20,22,29,36H,5-10H2,1H3,(H2,27,35)/t11-,13+,17+,19?,20?,22+,26+/m0/s1. The zero-order valence-electron chi connectivity index (χ0n) is 20.6. The maximum absolute atomic E-state index is 13.8. The van der Waals surface area contributed by atoms with Gasteiger partial charge in [0, 0.05) is 31.3 Å². The van der Waals surface area contributed by atoms with E-state index in [2.05, 4.69) is 0 Å². The number of primary amides is 1. The molecular formula is C26H28N2O10. The molecule has 1 aromatic carbocycles. The number of hydrogen-bond donors (Lipinski definition) is 3. The third-order valence-electron chi connectivity index (χ3n) is 8.42. The molecule has 1 saturated heterocycles. The van der Waals surface area contributed by atoms with E-state index in [1.165, 1.54) is 12.1 Å². The first-order valence-corrected chi connectivity index (χ1v) is 12.5. The fourth-order valence-corrected chi connectivity index (χ4v) is 6.53. The van der Waals surface area contributed by atoms with Crippen LogP contribution in [0.5, 0.6) is 5.75 Å². The monoisotopic (exact) mass is 528 g/mol. The second kappa shape index (κ2) is 9.37. The van der Waals surface area contributed by atoms with Crippen LogP contribution in [0.25, 0.3) is 0 Å².